The minimum atomic E-state index is -0.201. The fraction of sp³-hybridized carbons (Fsp3) is 0.211. The molecule has 0 spiro atoms. The summed E-state index contributed by atoms with van der Waals surface area (Å²) in [6.07, 6.45) is 1.97. The lowest BCUT2D eigenvalue weighted by Crippen LogP contribution is -2.34. The van der Waals surface area contributed by atoms with E-state index in [9.17, 15) is 4.79 Å². The smallest absolute Gasteiger partial charge is 0.268 e. The van der Waals surface area contributed by atoms with Gasteiger partial charge in [-0.3, -0.25) is 4.79 Å². The highest BCUT2D eigenvalue weighted by Crippen LogP contribution is 2.45. The monoisotopic (exact) mass is 306 g/mol. The Balaban J connectivity index is 1.60. The molecular weight excluding hydrogens is 288 g/mol. The molecule has 0 atom stereocenters. The molecule has 23 heavy (non-hydrogen) atoms. The van der Waals surface area contributed by atoms with Crippen LogP contribution >= 0.6 is 0 Å². The molecule has 0 bridgehead atoms. The maximum Gasteiger partial charge on any atom is 0.268 e. The SMILES string of the molecule is COc1ccc2[nH]c(C(=O)NC3(c4ccccc4)CC3)cc2c1. The lowest BCUT2D eigenvalue weighted by Gasteiger charge is -2.17. The van der Waals surface area contributed by atoms with Crippen LogP contribution in [-0.2, 0) is 5.54 Å². The van der Waals surface area contributed by atoms with Crippen LogP contribution in [0.25, 0.3) is 10.9 Å². The molecule has 3 aromatic rings. The predicted molar refractivity (Wildman–Crippen MR) is 89.7 cm³/mol. The molecule has 4 rings (SSSR count). The molecule has 1 aliphatic carbocycles. The summed E-state index contributed by atoms with van der Waals surface area (Å²) in [7, 11) is 1.64. The summed E-state index contributed by atoms with van der Waals surface area (Å²) in [4.78, 5) is 15.8. The highest BCUT2D eigenvalue weighted by atomic mass is 16.5. The fourth-order valence-electron chi connectivity index (χ4n) is 3.01. The van der Waals surface area contributed by atoms with Gasteiger partial charge in [-0.25, -0.2) is 0 Å². The van der Waals surface area contributed by atoms with Crippen LogP contribution in [0.1, 0.15) is 28.9 Å². The molecule has 116 valence electrons. The van der Waals surface area contributed by atoms with Crippen molar-refractivity contribution in [3.63, 3.8) is 0 Å². The van der Waals surface area contributed by atoms with E-state index in [0.717, 1.165) is 29.5 Å². The number of H-pyrrole nitrogens is 1. The Morgan fingerprint density at radius 3 is 2.61 bits per heavy atom. The van der Waals surface area contributed by atoms with Crippen molar-refractivity contribution in [3.05, 3.63) is 65.9 Å². The van der Waals surface area contributed by atoms with Gasteiger partial charge in [-0.05, 0) is 42.7 Å². The van der Waals surface area contributed by atoms with Gasteiger partial charge in [-0.1, -0.05) is 30.3 Å². The van der Waals surface area contributed by atoms with Gasteiger partial charge in [0.2, 0.25) is 0 Å². The number of fused-ring (bicyclic) bond motifs is 1. The van der Waals surface area contributed by atoms with Crippen molar-refractivity contribution >= 4 is 16.8 Å². The second-order valence-electron chi connectivity index (χ2n) is 6.04. The van der Waals surface area contributed by atoms with Gasteiger partial charge in [0, 0.05) is 10.9 Å². The molecule has 1 aromatic heterocycles. The van der Waals surface area contributed by atoms with E-state index in [4.69, 9.17) is 4.74 Å². The largest absolute Gasteiger partial charge is 0.497 e. The molecule has 2 aromatic carbocycles. The molecule has 0 aliphatic heterocycles. The first-order valence-electron chi connectivity index (χ1n) is 7.75. The first kappa shape index (κ1) is 13.9. The van der Waals surface area contributed by atoms with Crippen molar-refractivity contribution in [2.24, 2.45) is 0 Å². The van der Waals surface area contributed by atoms with Crippen LogP contribution in [0.15, 0.2) is 54.6 Å². The zero-order valence-electron chi connectivity index (χ0n) is 12.9. The number of aromatic amines is 1. The van der Waals surface area contributed by atoms with Gasteiger partial charge >= 0.3 is 0 Å². The average molecular weight is 306 g/mol. The Morgan fingerprint density at radius 2 is 1.91 bits per heavy atom. The number of carbonyl (C=O) groups excluding carboxylic acids is 1. The second kappa shape index (κ2) is 5.16. The molecule has 4 heteroatoms. The van der Waals surface area contributed by atoms with E-state index in [0.29, 0.717) is 5.69 Å². The van der Waals surface area contributed by atoms with Gasteiger partial charge in [0.25, 0.3) is 5.91 Å². The van der Waals surface area contributed by atoms with E-state index in [1.807, 2.05) is 42.5 Å². The number of hydrogen-bond acceptors (Lipinski definition) is 2. The van der Waals surface area contributed by atoms with Crippen LogP contribution in [-0.4, -0.2) is 18.0 Å². The summed E-state index contributed by atoms with van der Waals surface area (Å²) in [5.41, 5.74) is 2.48. The lowest BCUT2D eigenvalue weighted by atomic mass is 10.0. The Bertz CT molecular complexity index is 863. The van der Waals surface area contributed by atoms with Crippen molar-refractivity contribution in [3.8, 4) is 5.75 Å². The van der Waals surface area contributed by atoms with Crippen molar-refractivity contribution in [1.82, 2.24) is 10.3 Å². The van der Waals surface area contributed by atoms with Crippen LogP contribution in [0.2, 0.25) is 0 Å². The number of nitrogens with one attached hydrogen (secondary N) is 2. The van der Waals surface area contributed by atoms with E-state index < -0.39 is 0 Å². The Morgan fingerprint density at radius 1 is 1.13 bits per heavy atom. The molecule has 1 aliphatic rings. The number of amides is 1. The van der Waals surface area contributed by atoms with Gasteiger partial charge in [-0.15, -0.1) is 0 Å². The first-order chi connectivity index (χ1) is 11.2. The second-order valence-corrected chi connectivity index (χ2v) is 6.04. The fourth-order valence-corrected chi connectivity index (χ4v) is 3.01. The number of aromatic nitrogens is 1. The number of hydrogen-bond donors (Lipinski definition) is 2. The predicted octanol–water partition coefficient (Wildman–Crippen LogP) is 3.60. The molecule has 1 amide bonds. The third kappa shape index (κ3) is 2.46. The molecule has 1 heterocycles. The van der Waals surface area contributed by atoms with Gasteiger partial charge in [0.05, 0.1) is 12.6 Å². The maximum absolute atomic E-state index is 12.6. The number of methoxy groups -OCH3 is 1. The van der Waals surface area contributed by atoms with E-state index >= 15 is 0 Å². The number of carbonyl (C=O) groups is 1. The number of benzene rings is 2. The lowest BCUT2D eigenvalue weighted by molar-refractivity contribution is 0.0926. The Labute approximate surface area is 134 Å². The van der Waals surface area contributed by atoms with Gasteiger partial charge < -0.3 is 15.0 Å². The summed E-state index contributed by atoms with van der Waals surface area (Å²) in [5, 5.41) is 4.16. The average Bonchev–Trinajstić information content (AvgIpc) is 3.24. The van der Waals surface area contributed by atoms with Crippen LogP contribution in [0.5, 0.6) is 5.75 Å². The summed E-state index contributed by atoms with van der Waals surface area (Å²) in [6, 6.07) is 17.8. The summed E-state index contributed by atoms with van der Waals surface area (Å²) in [6.45, 7) is 0. The minimum absolute atomic E-state index is 0.0680. The van der Waals surface area contributed by atoms with E-state index in [-0.39, 0.29) is 11.4 Å². The van der Waals surface area contributed by atoms with Crippen LogP contribution in [0.3, 0.4) is 0 Å². The Kier molecular flexibility index (Phi) is 3.11. The van der Waals surface area contributed by atoms with Crippen LogP contribution < -0.4 is 10.1 Å². The van der Waals surface area contributed by atoms with Crippen LogP contribution in [0.4, 0.5) is 0 Å². The van der Waals surface area contributed by atoms with E-state index in [1.165, 1.54) is 5.56 Å². The molecule has 4 nitrogen and oxygen atoms in total. The summed E-state index contributed by atoms with van der Waals surface area (Å²) in [5.74, 6) is 0.716. The normalized spacial score (nSPS) is 15.3. The molecular formula is C19H18N2O2. The molecule has 0 saturated heterocycles. The first-order valence-corrected chi connectivity index (χ1v) is 7.75. The van der Waals surface area contributed by atoms with Crippen molar-refractivity contribution < 1.29 is 9.53 Å². The number of ether oxygens (including phenoxy) is 1. The molecule has 0 unspecified atom stereocenters. The van der Waals surface area contributed by atoms with E-state index in [2.05, 4.69) is 22.4 Å². The number of rotatable bonds is 4. The third-order valence-electron chi connectivity index (χ3n) is 4.50. The Hall–Kier alpha value is -2.75. The third-order valence-corrected chi connectivity index (χ3v) is 4.50. The molecule has 2 N–H and O–H groups in total. The highest BCUT2D eigenvalue weighted by Gasteiger charge is 2.45. The van der Waals surface area contributed by atoms with Crippen molar-refractivity contribution in [2.75, 3.05) is 7.11 Å². The molecule has 0 radical (unpaired) electrons. The topological polar surface area (TPSA) is 54.1 Å². The quantitative estimate of drug-likeness (QED) is 0.774. The zero-order chi connectivity index (χ0) is 15.9. The van der Waals surface area contributed by atoms with Gasteiger partial charge in [-0.2, -0.15) is 0 Å². The zero-order valence-corrected chi connectivity index (χ0v) is 12.9. The van der Waals surface area contributed by atoms with Crippen LogP contribution in [0, 0.1) is 0 Å². The van der Waals surface area contributed by atoms with Crippen molar-refractivity contribution in [2.45, 2.75) is 18.4 Å². The van der Waals surface area contributed by atoms with Crippen molar-refractivity contribution in [1.29, 1.82) is 0 Å². The molecule has 1 saturated carbocycles. The maximum atomic E-state index is 12.6. The van der Waals surface area contributed by atoms with Gasteiger partial charge in [0.15, 0.2) is 0 Å². The standard InChI is InChI=1S/C19H18N2O2/c1-23-15-7-8-16-13(11-15)12-17(20-16)18(22)21-19(9-10-19)14-5-3-2-4-6-14/h2-8,11-12,20H,9-10H2,1H3,(H,21,22). The summed E-state index contributed by atoms with van der Waals surface area (Å²) < 4.78 is 5.23. The molecule has 1 fully saturated rings. The highest BCUT2D eigenvalue weighted by molar-refractivity contribution is 5.98. The van der Waals surface area contributed by atoms with E-state index in [1.54, 1.807) is 7.11 Å². The minimum Gasteiger partial charge on any atom is -0.497 e. The van der Waals surface area contributed by atoms with Gasteiger partial charge in [0.1, 0.15) is 11.4 Å². The summed E-state index contributed by atoms with van der Waals surface area (Å²) >= 11 is 0.